The van der Waals surface area contributed by atoms with E-state index in [1.807, 2.05) is 0 Å². The fourth-order valence-corrected chi connectivity index (χ4v) is 1.09. The third kappa shape index (κ3) is 1.63. The Morgan fingerprint density at radius 3 is 2.67 bits per heavy atom. The maximum absolute atomic E-state index is 12.4. The first kappa shape index (κ1) is 6.96. The second-order valence-corrected chi connectivity index (χ2v) is 2.59. The molecule has 0 aromatic carbocycles. The molecule has 1 heterocycles. The van der Waals surface area contributed by atoms with Gasteiger partial charge in [-0.3, -0.25) is 0 Å². The first-order chi connectivity index (χ1) is 4.20. The van der Waals surface area contributed by atoms with Crippen molar-refractivity contribution in [2.45, 2.75) is 31.7 Å². The molecule has 1 saturated heterocycles. The largest absolute Gasteiger partial charge is 0.392 e. The first-order valence-corrected chi connectivity index (χ1v) is 3.25. The van der Waals surface area contributed by atoms with Crippen molar-refractivity contribution in [3.8, 4) is 0 Å². The monoisotopic (exact) mass is 133 g/mol. The molecule has 0 aliphatic carbocycles. The minimum Gasteiger partial charge on any atom is -0.392 e. The van der Waals surface area contributed by atoms with Gasteiger partial charge in [-0.15, -0.1) is 0 Å². The highest BCUT2D eigenvalue weighted by atomic mass is 19.1. The van der Waals surface area contributed by atoms with Crippen LogP contribution in [0.2, 0.25) is 0 Å². The molecule has 3 atom stereocenters. The lowest BCUT2D eigenvalue weighted by molar-refractivity contribution is 0.151. The molecule has 1 fully saturated rings. The number of hydrogen-bond acceptors (Lipinski definition) is 2. The minimum atomic E-state index is -0.760. The lowest BCUT2D eigenvalue weighted by Crippen LogP contribution is -2.32. The van der Waals surface area contributed by atoms with Gasteiger partial charge in [0.15, 0.2) is 0 Å². The molecule has 2 N–H and O–H groups in total. The number of hydrogen-bond donors (Lipinski definition) is 2. The number of aliphatic hydroxyl groups is 1. The van der Waals surface area contributed by atoms with Gasteiger partial charge in [-0.25, -0.2) is 4.39 Å². The van der Waals surface area contributed by atoms with Crippen LogP contribution < -0.4 is 5.32 Å². The van der Waals surface area contributed by atoms with Crippen LogP contribution in [0.5, 0.6) is 0 Å². The predicted molar refractivity (Wildman–Crippen MR) is 33.0 cm³/mol. The van der Waals surface area contributed by atoms with Crippen LogP contribution in [0.3, 0.4) is 0 Å². The highest BCUT2D eigenvalue weighted by molar-refractivity contribution is 4.84. The van der Waals surface area contributed by atoms with E-state index >= 15 is 0 Å². The normalized spacial score (nSPS) is 39.0. The van der Waals surface area contributed by atoms with E-state index in [0.717, 1.165) is 0 Å². The fourth-order valence-electron chi connectivity index (χ4n) is 1.09. The SMILES string of the molecule is C[C@@H](O)C1CC(F)CN1. The van der Waals surface area contributed by atoms with Gasteiger partial charge in [0, 0.05) is 12.6 Å². The molecule has 0 radical (unpaired) electrons. The van der Waals surface area contributed by atoms with Crippen molar-refractivity contribution < 1.29 is 9.50 Å². The lowest BCUT2D eigenvalue weighted by Gasteiger charge is -2.11. The van der Waals surface area contributed by atoms with Crippen LogP contribution in [0.4, 0.5) is 4.39 Å². The summed E-state index contributed by atoms with van der Waals surface area (Å²) in [6.07, 6.45) is -0.729. The summed E-state index contributed by atoms with van der Waals surface area (Å²) >= 11 is 0. The zero-order valence-electron chi connectivity index (χ0n) is 5.47. The van der Waals surface area contributed by atoms with E-state index < -0.39 is 12.3 Å². The molecular formula is C6H12FNO. The average Bonchev–Trinajstić information content (AvgIpc) is 2.14. The molecule has 0 spiro atoms. The van der Waals surface area contributed by atoms with Crippen LogP contribution in [0.25, 0.3) is 0 Å². The van der Waals surface area contributed by atoms with Crippen molar-refractivity contribution in [3.05, 3.63) is 0 Å². The van der Waals surface area contributed by atoms with Crippen molar-refractivity contribution in [1.82, 2.24) is 5.32 Å². The van der Waals surface area contributed by atoms with Gasteiger partial charge in [-0.1, -0.05) is 0 Å². The van der Waals surface area contributed by atoms with Crippen molar-refractivity contribution >= 4 is 0 Å². The van der Waals surface area contributed by atoms with E-state index in [-0.39, 0.29) is 6.04 Å². The van der Waals surface area contributed by atoms with Gasteiger partial charge in [-0.05, 0) is 13.3 Å². The molecule has 1 rings (SSSR count). The lowest BCUT2D eigenvalue weighted by atomic mass is 10.1. The van der Waals surface area contributed by atoms with Crippen molar-refractivity contribution in [2.75, 3.05) is 6.54 Å². The number of nitrogens with one attached hydrogen (secondary N) is 1. The van der Waals surface area contributed by atoms with Gasteiger partial charge in [0.2, 0.25) is 0 Å². The molecule has 0 bridgehead atoms. The van der Waals surface area contributed by atoms with E-state index in [4.69, 9.17) is 5.11 Å². The quantitative estimate of drug-likeness (QED) is 0.530. The van der Waals surface area contributed by atoms with Gasteiger partial charge in [0.05, 0.1) is 6.10 Å². The summed E-state index contributed by atoms with van der Waals surface area (Å²) in [7, 11) is 0. The molecule has 54 valence electrons. The Hall–Kier alpha value is -0.150. The predicted octanol–water partition coefficient (Wildman–Crippen LogP) is 0.0672. The molecule has 0 saturated carbocycles. The minimum absolute atomic E-state index is 0.0278. The summed E-state index contributed by atoms with van der Waals surface area (Å²) < 4.78 is 12.4. The van der Waals surface area contributed by atoms with Crippen LogP contribution in [-0.2, 0) is 0 Å². The molecule has 9 heavy (non-hydrogen) atoms. The van der Waals surface area contributed by atoms with Crippen molar-refractivity contribution in [3.63, 3.8) is 0 Å². The van der Waals surface area contributed by atoms with Gasteiger partial charge >= 0.3 is 0 Å². The Morgan fingerprint density at radius 1 is 1.78 bits per heavy atom. The van der Waals surface area contributed by atoms with Crippen LogP contribution in [0.15, 0.2) is 0 Å². The standard InChI is InChI=1S/C6H12FNO/c1-4(9)6-2-5(7)3-8-6/h4-6,8-9H,2-3H2,1H3/t4-,5?,6?/m1/s1. The summed E-state index contributed by atoms with van der Waals surface area (Å²) in [6.45, 7) is 2.07. The van der Waals surface area contributed by atoms with E-state index in [1.165, 1.54) is 0 Å². The summed E-state index contributed by atoms with van der Waals surface area (Å²) in [6, 6.07) is -0.0278. The third-order valence-corrected chi connectivity index (χ3v) is 1.69. The summed E-state index contributed by atoms with van der Waals surface area (Å²) in [5.74, 6) is 0. The molecule has 3 heteroatoms. The van der Waals surface area contributed by atoms with Gasteiger partial charge < -0.3 is 10.4 Å². The molecule has 2 unspecified atom stereocenters. The second kappa shape index (κ2) is 2.62. The van der Waals surface area contributed by atoms with Crippen LogP contribution in [0.1, 0.15) is 13.3 Å². The van der Waals surface area contributed by atoms with E-state index in [0.29, 0.717) is 13.0 Å². The third-order valence-electron chi connectivity index (χ3n) is 1.69. The zero-order valence-corrected chi connectivity index (χ0v) is 5.47. The van der Waals surface area contributed by atoms with Gasteiger partial charge in [0.1, 0.15) is 6.17 Å². The molecule has 0 amide bonds. The molecular weight excluding hydrogens is 121 g/mol. The van der Waals surface area contributed by atoms with Crippen molar-refractivity contribution in [1.29, 1.82) is 0 Å². The smallest absolute Gasteiger partial charge is 0.114 e. The van der Waals surface area contributed by atoms with Crippen molar-refractivity contribution in [2.24, 2.45) is 0 Å². The first-order valence-electron chi connectivity index (χ1n) is 3.25. The highest BCUT2D eigenvalue weighted by Crippen LogP contribution is 2.12. The summed E-state index contributed by atoms with van der Waals surface area (Å²) in [5.41, 5.74) is 0. The van der Waals surface area contributed by atoms with Gasteiger partial charge in [0.25, 0.3) is 0 Å². The number of alkyl halides is 1. The van der Waals surface area contributed by atoms with E-state index in [9.17, 15) is 4.39 Å². The average molecular weight is 133 g/mol. The number of halogens is 1. The molecule has 0 aromatic heterocycles. The topological polar surface area (TPSA) is 32.3 Å². The Bertz CT molecular complexity index is 97.1. The molecule has 1 aliphatic rings. The summed E-state index contributed by atoms with van der Waals surface area (Å²) in [5, 5.41) is 11.8. The highest BCUT2D eigenvalue weighted by Gasteiger charge is 2.26. The summed E-state index contributed by atoms with van der Waals surface area (Å²) in [4.78, 5) is 0. The number of aliphatic hydroxyl groups excluding tert-OH is 1. The van der Waals surface area contributed by atoms with Crippen LogP contribution in [-0.4, -0.2) is 30.0 Å². The Morgan fingerprint density at radius 2 is 2.44 bits per heavy atom. The maximum atomic E-state index is 12.4. The van der Waals surface area contributed by atoms with Gasteiger partial charge in [-0.2, -0.15) is 0 Å². The molecule has 1 aliphatic heterocycles. The Labute approximate surface area is 54.1 Å². The van der Waals surface area contributed by atoms with Crippen LogP contribution >= 0.6 is 0 Å². The number of rotatable bonds is 1. The molecule has 0 aromatic rings. The maximum Gasteiger partial charge on any atom is 0.114 e. The van der Waals surface area contributed by atoms with Crippen LogP contribution in [0, 0.1) is 0 Å². The Balaban J connectivity index is 2.30. The second-order valence-electron chi connectivity index (χ2n) is 2.59. The molecule has 2 nitrogen and oxygen atoms in total. The zero-order chi connectivity index (χ0) is 6.85. The van der Waals surface area contributed by atoms with E-state index in [1.54, 1.807) is 6.92 Å². The van der Waals surface area contributed by atoms with E-state index in [2.05, 4.69) is 5.32 Å². The fraction of sp³-hybridized carbons (Fsp3) is 1.00. The Kier molecular flexibility index (Phi) is 2.03.